The Kier molecular flexibility index (Phi) is 6.59. The van der Waals surface area contributed by atoms with E-state index < -0.39 is 0 Å². The molecule has 0 spiro atoms. The van der Waals surface area contributed by atoms with E-state index in [1.165, 1.54) is 6.26 Å². The fourth-order valence-corrected chi connectivity index (χ4v) is 4.17. The Labute approximate surface area is 188 Å². The van der Waals surface area contributed by atoms with Crippen molar-refractivity contribution in [2.24, 2.45) is 0 Å². The molecule has 0 unspecified atom stereocenters. The molecule has 2 heterocycles. The maximum Gasteiger partial charge on any atom is 0.291 e. The smallest absolute Gasteiger partial charge is 0.291 e. The molecule has 6 nitrogen and oxygen atoms in total. The zero-order chi connectivity index (χ0) is 22.5. The molecule has 0 bridgehead atoms. The van der Waals surface area contributed by atoms with Crippen molar-refractivity contribution in [1.29, 1.82) is 0 Å². The lowest BCUT2D eigenvalue weighted by molar-refractivity contribution is 0.0680. The molecule has 1 aliphatic rings. The fraction of sp³-hybridized carbons (Fsp3) is 0.308. The number of nitrogens with one attached hydrogen (secondary N) is 1. The maximum absolute atomic E-state index is 13.6. The Balaban J connectivity index is 1.60. The molecule has 1 atom stereocenters. The Bertz CT molecular complexity index is 1070. The van der Waals surface area contributed by atoms with Gasteiger partial charge in [0, 0.05) is 17.8 Å². The van der Waals surface area contributed by atoms with Gasteiger partial charge in [0.1, 0.15) is 5.75 Å². The van der Waals surface area contributed by atoms with Crippen LogP contribution in [0.2, 0.25) is 0 Å². The van der Waals surface area contributed by atoms with Gasteiger partial charge in [-0.25, -0.2) is 0 Å². The summed E-state index contributed by atoms with van der Waals surface area (Å²) in [6, 6.07) is 16.7. The summed E-state index contributed by atoms with van der Waals surface area (Å²) < 4.78 is 10.5. The number of amides is 2. The van der Waals surface area contributed by atoms with E-state index in [0.29, 0.717) is 17.8 Å². The van der Waals surface area contributed by atoms with Crippen molar-refractivity contribution >= 4 is 17.5 Å². The minimum absolute atomic E-state index is 0.0124. The molecule has 0 radical (unpaired) electrons. The van der Waals surface area contributed by atoms with E-state index in [9.17, 15) is 9.59 Å². The third-order valence-corrected chi connectivity index (χ3v) is 5.99. The van der Waals surface area contributed by atoms with Crippen LogP contribution in [0.1, 0.15) is 63.8 Å². The van der Waals surface area contributed by atoms with Crippen molar-refractivity contribution in [2.45, 2.75) is 38.6 Å². The summed E-state index contributed by atoms with van der Waals surface area (Å²) in [5, 5.41) is 2.86. The van der Waals surface area contributed by atoms with Crippen LogP contribution < -0.4 is 10.1 Å². The van der Waals surface area contributed by atoms with Crippen molar-refractivity contribution in [3.63, 3.8) is 0 Å². The number of carbonyl (C=O) groups is 2. The molecule has 4 rings (SSSR count). The molecule has 1 saturated heterocycles. The third-order valence-electron chi connectivity index (χ3n) is 5.99. The van der Waals surface area contributed by atoms with Gasteiger partial charge >= 0.3 is 0 Å². The Morgan fingerprint density at radius 3 is 2.59 bits per heavy atom. The highest BCUT2D eigenvalue weighted by molar-refractivity contribution is 6.04. The van der Waals surface area contributed by atoms with Crippen molar-refractivity contribution in [3.8, 4) is 5.75 Å². The molecule has 1 aromatic heterocycles. The molecule has 6 heteroatoms. The molecule has 32 heavy (non-hydrogen) atoms. The van der Waals surface area contributed by atoms with Crippen molar-refractivity contribution < 1.29 is 18.7 Å². The number of rotatable bonds is 5. The lowest BCUT2D eigenvalue weighted by atomic mass is 9.99. The lowest BCUT2D eigenvalue weighted by Crippen LogP contribution is -2.35. The normalized spacial score (nSPS) is 16.3. The van der Waals surface area contributed by atoms with Crippen LogP contribution in [-0.4, -0.2) is 30.4 Å². The van der Waals surface area contributed by atoms with Gasteiger partial charge in [-0.1, -0.05) is 31.0 Å². The molecule has 1 fully saturated rings. The van der Waals surface area contributed by atoms with Gasteiger partial charge in [0.05, 0.1) is 19.4 Å². The minimum atomic E-state index is -0.339. The summed E-state index contributed by atoms with van der Waals surface area (Å²) >= 11 is 0. The Hall–Kier alpha value is -3.54. The standard InChI is InChI=1S/C26H28N2O4/c1-18-9-10-20(17-22(18)27-25(29)24-8-6-16-32-24)26(30)28-15-5-3-4-7-23(28)19-11-13-21(31-2)14-12-19/h6,8-14,16-17,23H,3-5,7,15H2,1-2H3,(H,27,29)/t23-/m0/s1. The highest BCUT2D eigenvalue weighted by atomic mass is 16.5. The van der Waals surface area contributed by atoms with Crippen LogP contribution in [0.15, 0.2) is 65.3 Å². The summed E-state index contributed by atoms with van der Waals surface area (Å²) in [5.74, 6) is 0.665. The van der Waals surface area contributed by atoms with E-state index in [1.54, 1.807) is 25.3 Å². The average Bonchev–Trinajstić information content (AvgIpc) is 3.25. The van der Waals surface area contributed by atoms with Crippen LogP contribution in [0.5, 0.6) is 5.75 Å². The molecule has 2 amide bonds. The van der Waals surface area contributed by atoms with Gasteiger partial charge in [-0.2, -0.15) is 0 Å². The van der Waals surface area contributed by atoms with Crippen LogP contribution in [0.3, 0.4) is 0 Å². The molecule has 0 aliphatic carbocycles. The number of nitrogens with zero attached hydrogens (tertiary/aromatic N) is 1. The van der Waals surface area contributed by atoms with E-state index in [1.807, 2.05) is 48.2 Å². The second-order valence-electron chi connectivity index (χ2n) is 8.10. The van der Waals surface area contributed by atoms with E-state index in [2.05, 4.69) is 5.32 Å². The van der Waals surface area contributed by atoms with E-state index in [4.69, 9.17) is 9.15 Å². The van der Waals surface area contributed by atoms with Gasteiger partial charge < -0.3 is 19.4 Å². The predicted molar refractivity (Wildman–Crippen MR) is 123 cm³/mol. The van der Waals surface area contributed by atoms with E-state index in [0.717, 1.165) is 42.6 Å². The highest BCUT2D eigenvalue weighted by Gasteiger charge is 2.28. The maximum atomic E-state index is 13.6. The number of benzene rings is 2. The van der Waals surface area contributed by atoms with Crippen LogP contribution in [0.4, 0.5) is 5.69 Å². The molecule has 1 aliphatic heterocycles. The number of furan rings is 1. The van der Waals surface area contributed by atoms with E-state index >= 15 is 0 Å². The highest BCUT2D eigenvalue weighted by Crippen LogP contribution is 2.33. The zero-order valence-electron chi connectivity index (χ0n) is 18.5. The van der Waals surface area contributed by atoms with Crippen LogP contribution in [-0.2, 0) is 0 Å². The largest absolute Gasteiger partial charge is 0.497 e. The molecule has 2 aromatic carbocycles. The number of anilines is 1. The third kappa shape index (κ3) is 4.69. The van der Waals surface area contributed by atoms with Gasteiger partial charge in [-0.05, 0) is 67.3 Å². The van der Waals surface area contributed by atoms with Crippen LogP contribution >= 0.6 is 0 Å². The predicted octanol–water partition coefficient (Wildman–Crippen LogP) is 5.61. The van der Waals surface area contributed by atoms with Crippen LogP contribution in [0, 0.1) is 6.92 Å². The number of likely N-dealkylation sites (tertiary alicyclic amines) is 1. The first-order valence-corrected chi connectivity index (χ1v) is 11.0. The summed E-state index contributed by atoms with van der Waals surface area (Å²) in [5.41, 5.74) is 3.15. The molecule has 166 valence electrons. The number of methoxy groups -OCH3 is 1. The first-order chi connectivity index (χ1) is 15.6. The monoisotopic (exact) mass is 432 g/mol. The number of carbonyl (C=O) groups excluding carboxylic acids is 2. The molecule has 0 saturated carbocycles. The Morgan fingerprint density at radius 1 is 1.06 bits per heavy atom. The number of aryl methyl sites for hydroxylation is 1. The molecule has 1 N–H and O–H groups in total. The SMILES string of the molecule is COc1ccc([C@@H]2CCCCCN2C(=O)c2ccc(C)c(NC(=O)c3ccco3)c2)cc1. The van der Waals surface area contributed by atoms with Crippen molar-refractivity contribution in [2.75, 3.05) is 19.0 Å². The summed E-state index contributed by atoms with van der Waals surface area (Å²) in [6.45, 7) is 2.61. The first-order valence-electron chi connectivity index (χ1n) is 11.0. The molecule has 3 aromatic rings. The van der Waals surface area contributed by atoms with Crippen molar-refractivity contribution in [1.82, 2.24) is 4.90 Å². The van der Waals surface area contributed by atoms with E-state index in [-0.39, 0.29) is 23.6 Å². The summed E-state index contributed by atoms with van der Waals surface area (Å²) in [6.07, 6.45) is 5.55. The zero-order valence-corrected chi connectivity index (χ0v) is 18.5. The van der Waals surface area contributed by atoms with Gasteiger partial charge in [0.25, 0.3) is 11.8 Å². The molecular formula is C26H28N2O4. The fourth-order valence-electron chi connectivity index (χ4n) is 4.17. The summed E-state index contributed by atoms with van der Waals surface area (Å²) in [7, 11) is 1.65. The first kappa shape index (κ1) is 21.7. The summed E-state index contributed by atoms with van der Waals surface area (Å²) in [4.78, 5) is 28.0. The second-order valence-corrected chi connectivity index (χ2v) is 8.10. The van der Waals surface area contributed by atoms with Crippen LogP contribution in [0.25, 0.3) is 0 Å². The Morgan fingerprint density at radius 2 is 1.88 bits per heavy atom. The topological polar surface area (TPSA) is 71.8 Å². The molecular weight excluding hydrogens is 404 g/mol. The van der Waals surface area contributed by atoms with Crippen molar-refractivity contribution in [3.05, 3.63) is 83.3 Å². The van der Waals surface area contributed by atoms with Gasteiger partial charge in [0.15, 0.2) is 5.76 Å². The lowest BCUT2D eigenvalue weighted by Gasteiger charge is -2.31. The average molecular weight is 433 g/mol. The number of hydrogen-bond donors (Lipinski definition) is 1. The van der Waals surface area contributed by atoms with Gasteiger partial charge in [0.2, 0.25) is 0 Å². The second kappa shape index (κ2) is 9.73. The quantitative estimate of drug-likeness (QED) is 0.569. The number of hydrogen-bond acceptors (Lipinski definition) is 4. The van der Waals surface area contributed by atoms with Gasteiger partial charge in [-0.15, -0.1) is 0 Å². The van der Waals surface area contributed by atoms with Gasteiger partial charge in [-0.3, -0.25) is 9.59 Å². The number of ether oxygens (including phenoxy) is 1. The minimum Gasteiger partial charge on any atom is -0.497 e.